The molecule has 0 aliphatic heterocycles. The number of hydrogen-bond donors (Lipinski definition) is 3. The molecule has 4 N–H and O–H groups in total. The van der Waals surface area contributed by atoms with Crippen LogP contribution < -0.4 is 11.1 Å². The minimum Gasteiger partial charge on any atom is -0.409 e. The van der Waals surface area contributed by atoms with Crippen LogP contribution in [0.3, 0.4) is 0 Å². The van der Waals surface area contributed by atoms with E-state index in [1.807, 2.05) is 37.3 Å². The quantitative estimate of drug-likeness (QED) is 0.300. The molecule has 0 bridgehead atoms. The first-order valence-electron chi connectivity index (χ1n) is 6.11. The van der Waals surface area contributed by atoms with Crippen LogP contribution in [0.15, 0.2) is 35.5 Å². The molecule has 19 heavy (non-hydrogen) atoms. The fraction of sp³-hybridized carbons (Fsp3) is 0.462. The summed E-state index contributed by atoms with van der Waals surface area (Å²) >= 11 is 0. The van der Waals surface area contributed by atoms with E-state index in [9.17, 15) is 4.21 Å². The SMILES string of the molecule is CC(CNCC(/C(N)=N/O)c1ccccc1)S(C)=O. The minimum absolute atomic E-state index is 0.0729. The third-order valence-corrected chi connectivity index (χ3v) is 4.32. The number of hydrogen-bond acceptors (Lipinski definition) is 4. The second-order valence-corrected chi connectivity index (χ2v) is 6.26. The Morgan fingerprint density at radius 2 is 2.05 bits per heavy atom. The fourth-order valence-corrected chi connectivity index (χ4v) is 2.05. The molecule has 1 rings (SSSR count). The fourth-order valence-electron chi connectivity index (χ4n) is 1.70. The molecular weight excluding hydrogens is 262 g/mol. The van der Waals surface area contributed by atoms with Crippen molar-refractivity contribution in [2.45, 2.75) is 18.1 Å². The van der Waals surface area contributed by atoms with Crippen molar-refractivity contribution >= 4 is 16.6 Å². The molecule has 0 amide bonds. The highest BCUT2D eigenvalue weighted by Crippen LogP contribution is 2.14. The van der Waals surface area contributed by atoms with Crippen LogP contribution in [-0.4, -0.2) is 39.8 Å². The van der Waals surface area contributed by atoms with Gasteiger partial charge in [0.2, 0.25) is 0 Å². The summed E-state index contributed by atoms with van der Waals surface area (Å²) in [6.07, 6.45) is 1.69. The summed E-state index contributed by atoms with van der Waals surface area (Å²) < 4.78 is 11.3. The van der Waals surface area contributed by atoms with Crippen molar-refractivity contribution in [3.8, 4) is 0 Å². The van der Waals surface area contributed by atoms with Gasteiger partial charge in [-0.15, -0.1) is 0 Å². The van der Waals surface area contributed by atoms with Gasteiger partial charge in [0.05, 0.1) is 5.92 Å². The normalized spacial score (nSPS) is 16.8. The Morgan fingerprint density at radius 1 is 1.42 bits per heavy atom. The second-order valence-electron chi connectivity index (χ2n) is 4.46. The Labute approximate surface area is 116 Å². The largest absolute Gasteiger partial charge is 0.409 e. The van der Waals surface area contributed by atoms with E-state index in [2.05, 4.69) is 10.5 Å². The number of nitrogens with zero attached hydrogens (tertiary/aromatic N) is 1. The van der Waals surface area contributed by atoms with Gasteiger partial charge in [0.25, 0.3) is 0 Å². The van der Waals surface area contributed by atoms with Crippen LogP contribution in [0.2, 0.25) is 0 Å². The second kappa shape index (κ2) is 7.91. The van der Waals surface area contributed by atoms with E-state index in [1.54, 1.807) is 6.26 Å². The number of benzene rings is 1. The summed E-state index contributed by atoms with van der Waals surface area (Å²) in [5.74, 6) is -0.0207. The minimum atomic E-state index is -0.855. The van der Waals surface area contributed by atoms with Crippen molar-refractivity contribution in [2.24, 2.45) is 10.9 Å². The molecule has 106 valence electrons. The van der Waals surface area contributed by atoms with Crippen molar-refractivity contribution in [3.05, 3.63) is 35.9 Å². The average Bonchev–Trinajstić information content (AvgIpc) is 2.43. The molecule has 1 aromatic rings. The zero-order valence-corrected chi connectivity index (χ0v) is 12.1. The Balaban J connectivity index is 2.65. The van der Waals surface area contributed by atoms with Crippen molar-refractivity contribution in [1.29, 1.82) is 0 Å². The first-order valence-corrected chi connectivity index (χ1v) is 7.73. The van der Waals surface area contributed by atoms with E-state index in [-0.39, 0.29) is 17.0 Å². The molecule has 0 aliphatic rings. The maximum atomic E-state index is 11.3. The van der Waals surface area contributed by atoms with Crippen LogP contribution in [0.1, 0.15) is 18.4 Å². The molecule has 3 atom stereocenters. The predicted octanol–water partition coefficient (Wildman–Crippen LogP) is 0.873. The summed E-state index contributed by atoms with van der Waals surface area (Å²) in [5.41, 5.74) is 6.71. The van der Waals surface area contributed by atoms with E-state index in [0.29, 0.717) is 13.1 Å². The molecule has 0 heterocycles. The third-order valence-electron chi connectivity index (χ3n) is 3.02. The van der Waals surface area contributed by atoms with Crippen LogP contribution in [0.25, 0.3) is 0 Å². The summed E-state index contributed by atoms with van der Waals surface area (Å²) in [6.45, 7) is 3.09. The predicted molar refractivity (Wildman–Crippen MR) is 79.0 cm³/mol. The molecular formula is C13H21N3O2S. The smallest absolute Gasteiger partial charge is 0.147 e. The molecule has 0 saturated carbocycles. The maximum absolute atomic E-state index is 11.3. The van der Waals surface area contributed by atoms with E-state index < -0.39 is 10.8 Å². The topological polar surface area (TPSA) is 87.7 Å². The van der Waals surface area contributed by atoms with Crippen LogP contribution in [0, 0.1) is 0 Å². The average molecular weight is 283 g/mol. The molecule has 0 radical (unpaired) electrons. The Bertz CT molecular complexity index is 437. The lowest BCUT2D eigenvalue weighted by molar-refractivity contribution is 0.315. The maximum Gasteiger partial charge on any atom is 0.147 e. The van der Waals surface area contributed by atoms with Crippen LogP contribution >= 0.6 is 0 Å². The van der Waals surface area contributed by atoms with E-state index in [4.69, 9.17) is 10.9 Å². The zero-order chi connectivity index (χ0) is 14.3. The highest BCUT2D eigenvalue weighted by Gasteiger charge is 2.16. The lowest BCUT2D eigenvalue weighted by Gasteiger charge is -2.18. The van der Waals surface area contributed by atoms with Gasteiger partial charge in [-0.3, -0.25) is 4.21 Å². The Kier molecular flexibility index (Phi) is 6.52. The van der Waals surface area contributed by atoms with E-state index in [1.165, 1.54) is 0 Å². The molecule has 1 aromatic carbocycles. The molecule has 0 aromatic heterocycles. The highest BCUT2D eigenvalue weighted by atomic mass is 32.2. The molecule has 0 saturated heterocycles. The molecule has 0 aliphatic carbocycles. The van der Waals surface area contributed by atoms with E-state index >= 15 is 0 Å². The number of oxime groups is 1. The highest BCUT2D eigenvalue weighted by molar-refractivity contribution is 7.84. The van der Waals surface area contributed by atoms with Gasteiger partial charge in [0, 0.05) is 35.4 Å². The molecule has 0 spiro atoms. The van der Waals surface area contributed by atoms with Gasteiger partial charge >= 0.3 is 0 Å². The lowest BCUT2D eigenvalue weighted by Crippen LogP contribution is -2.35. The van der Waals surface area contributed by atoms with Gasteiger partial charge in [0.15, 0.2) is 0 Å². The van der Waals surface area contributed by atoms with Crippen LogP contribution in [0.5, 0.6) is 0 Å². The van der Waals surface area contributed by atoms with Gasteiger partial charge < -0.3 is 16.3 Å². The van der Waals surface area contributed by atoms with Crippen LogP contribution in [-0.2, 0) is 10.8 Å². The van der Waals surface area contributed by atoms with Gasteiger partial charge in [-0.2, -0.15) is 0 Å². The molecule has 3 unspecified atom stereocenters. The first kappa shape index (κ1) is 15.7. The molecule has 0 fully saturated rings. The van der Waals surface area contributed by atoms with Crippen molar-refractivity contribution in [2.75, 3.05) is 19.3 Å². The van der Waals surface area contributed by atoms with Crippen molar-refractivity contribution in [3.63, 3.8) is 0 Å². The van der Waals surface area contributed by atoms with Crippen LogP contribution in [0.4, 0.5) is 0 Å². The summed E-state index contributed by atoms with van der Waals surface area (Å²) in [4.78, 5) is 0. The lowest BCUT2D eigenvalue weighted by atomic mass is 9.98. The molecule has 6 heteroatoms. The number of rotatable bonds is 7. The summed E-state index contributed by atoms with van der Waals surface area (Å²) in [6, 6.07) is 9.62. The van der Waals surface area contributed by atoms with Gasteiger partial charge in [-0.05, 0) is 12.5 Å². The van der Waals surface area contributed by atoms with Crippen molar-refractivity contribution < 1.29 is 9.42 Å². The van der Waals surface area contributed by atoms with Gasteiger partial charge in [-0.25, -0.2) is 0 Å². The van der Waals surface area contributed by atoms with Gasteiger partial charge in [-0.1, -0.05) is 35.5 Å². The Hall–Kier alpha value is -1.40. The molecule has 5 nitrogen and oxygen atoms in total. The monoisotopic (exact) mass is 283 g/mol. The number of nitrogens with one attached hydrogen (secondary N) is 1. The zero-order valence-electron chi connectivity index (χ0n) is 11.2. The van der Waals surface area contributed by atoms with Crippen molar-refractivity contribution in [1.82, 2.24) is 5.32 Å². The first-order chi connectivity index (χ1) is 9.06. The van der Waals surface area contributed by atoms with E-state index in [0.717, 1.165) is 5.56 Å². The third kappa shape index (κ3) is 5.00. The summed E-state index contributed by atoms with van der Waals surface area (Å²) in [5, 5.41) is 15.2. The summed E-state index contributed by atoms with van der Waals surface area (Å²) in [7, 11) is -0.855. The number of amidine groups is 1. The van der Waals surface area contributed by atoms with Gasteiger partial charge in [0.1, 0.15) is 5.84 Å². The number of nitrogens with two attached hydrogens (primary N) is 1. The Morgan fingerprint density at radius 3 is 2.58 bits per heavy atom. The standard InChI is InChI=1S/C13H21N3O2S/c1-10(19(2)18)8-15-9-12(13(14)16-17)11-6-4-3-5-7-11/h3-7,10,12,15,17H,8-9H2,1-2H3,(H2,14,16).